The summed E-state index contributed by atoms with van der Waals surface area (Å²) in [4.78, 5) is 0. The average Bonchev–Trinajstić information content (AvgIpc) is 2.83. The van der Waals surface area contributed by atoms with Gasteiger partial charge in [-0.2, -0.15) is 0 Å². The van der Waals surface area contributed by atoms with Crippen LogP contribution in [0.2, 0.25) is 0 Å². The van der Waals surface area contributed by atoms with Crippen LogP contribution in [0.3, 0.4) is 0 Å². The number of hydrogen-bond acceptors (Lipinski definition) is 5. The van der Waals surface area contributed by atoms with Crippen LogP contribution in [-0.4, -0.2) is 44.3 Å². The van der Waals surface area contributed by atoms with Crippen LogP contribution >= 0.6 is 0 Å². The highest BCUT2D eigenvalue weighted by atomic mass is 32.2. The predicted molar refractivity (Wildman–Crippen MR) is 75.1 cm³/mol. The maximum absolute atomic E-state index is 12.0. The number of aliphatic hydroxyl groups excluding tert-OH is 1. The molecule has 6 heteroatoms. The number of aliphatic hydroxyl groups is 1. The number of aryl methyl sites for hydroxylation is 1. The first-order chi connectivity index (χ1) is 9.42. The van der Waals surface area contributed by atoms with Crippen LogP contribution in [-0.2, 0) is 25.1 Å². The predicted octanol–water partition coefficient (Wildman–Crippen LogP) is 0.990. The van der Waals surface area contributed by atoms with Crippen molar-refractivity contribution < 1.29 is 23.0 Å². The Bertz CT molecular complexity index is 569. The third-order valence-electron chi connectivity index (χ3n) is 3.47. The van der Waals surface area contributed by atoms with Crippen LogP contribution in [0.15, 0.2) is 24.3 Å². The zero-order valence-electron chi connectivity index (χ0n) is 11.7. The second-order valence-electron chi connectivity index (χ2n) is 4.98. The van der Waals surface area contributed by atoms with Crippen LogP contribution in [0.1, 0.15) is 18.1 Å². The van der Waals surface area contributed by atoms with E-state index in [9.17, 15) is 13.5 Å². The van der Waals surface area contributed by atoms with Crippen LogP contribution < -0.4 is 0 Å². The Balaban J connectivity index is 2.43. The Labute approximate surface area is 119 Å². The molecular weight excluding hydrogens is 280 g/mol. The molecule has 0 unspecified atom stereocenters. The fourth-order valence-electron chi connectivity index (χ4n) is 2.34. The molecule has 0 amide bonds. The molecule has 1 aromatic rings. The number of benzene rings is 1. The lowest BCUT2D eigenvalue weighted by Gasteiger charge is -2.29. The van der Waals surface area contributed by atoms with Crippen molar-refractivity contribution in [2.45, 2.75) is 25.7 Å². The van der Waals surface area contributed by atoms with E-state index in [0.29, 0.717) is 5.56 Å². The van der Waals surface area contributed by atoms with Gasteiger partial charge < -0.3 is 14.6 Å². The molecule has 0 aliphatic carbocycles. The van der Waals surface area contributed by atoms with Crippen molar-refractivity contribution in [3.8, 4) is 0 Å². The third-order valence-corrected chi connectivity index (χ3v) is 5.17. The summed E-state index contributed by atoms with van der Waals surface area (Å²) in [7, 11) is -3.29. The van der Waals surface area contributed by atoms with Crippen molar-refractivity contribution in [1.29, 1.82) is 0 Å². The lowest BCUT2D eigenvalue weighted by atomic mass is 10.0. The molecule has 0 saturated carbocycles. The highest BCUT2D eigenvalue weighted by Crippen LogP contribution is 2.37. The van der Waals surface area contributed by atoms with Gasteiger partial charge in [-0.1, -0.05) is 31.2 Å². The monoisotopic (exact) mass is 300 g/mol. The van der Waals surface area contributed by atoms with Crippen molar-refractivity contribution in [1.82, 2.24) is 0 Å². The van der Waals surface area contributed by atoms with Gasteiger partial charge in [0.25, 0.3) is 0 Å². The standard InChI is InChI=1S/C14H20O5S/c1-3-20(16,17)10-14(18-9-12(8-15)19-14)13-7-5-4-6-11(13)2/h4-7,12,15H,3,8-10H2,1-2H3/t12-,14+/m1/s1. The Kier molecular flexibility index (Phi) is 4.49. The number of hydrogen-bond donors (Lipinski definition) is 1. The second kappa shape index (κ2) is 5.81. The molecule has 5 nitrogen and oxygen atoms in total. The Morgan fingerprint density at radius 1 is 1.40 bits per heavy atom. The van der Waals surface area contributed by atoms with Gasteiger partial charge in [-0.25, -0.2) is 8.42 Å². The molecule has 112 valence electrons. The van der Waals surface area contributed by atoms with Crippen LogP contribution in [0.25, 0.3) is 0 Å². The van der Waals surface area contributed by atoms with Crippen molar-refractivity contribution in [3.63, 3.8) is 0 Å². The summed E-state index contributed by atoms with van der Waals surface area (Å²) in [6.45, 7) is 3.47. The van der Waals surface area contributed by atoms with Gasteiger partial charge >= 0.3 is 0 Å². The molecule has 0 radical (unpaired) electrons. The molecule has 1 N–H and O–H groups in total. The Morgan fingerprint density at radius 2 is 2.10 bits per heavy atom. The second-order valence-corrected chi connectivity index (χ2v) is 7.33. The fraction of sp³-hybridized carbons (Fsp3) is 0.571. The van der Waals surface area contributed by atoms with Gasteiger partial charge in [0.15, 0.2) is 9.84 Å². The molecule has 0 bridgehead atoms. The first kappa shape index (κ1) is 15.4. The highest BCUT2D eigenvalue weighted by Gasteiger charge is 2.46. The van der Waals surface area contributed by atoms with E-state index in [0.717, 1.165) is 5.56 Å². The topological polar surface area (TPSA) is 72.8 Å². The van der Waals surface area contributed by atoms with Crippen molar-refractivity contribution in [2.75, 3.05) is 24.7 Å². The van der Waals surface area contributed by atoms with Crippen molar-refractivity contribution >= 4 is 9.84 Å². The van der Waals surface area contributed by atoms with E-state index in [1.165, 1.54) is 0 Å². The van der Waals surface area contributed by atoms with Gasteiger partial charge in [0.05, 0.1) is 13.2 Å². The fourth-order valence-corrected chi connectivity index (χ4v) is 3.43. The van der Waals surface area contributed by atoms with Gasteiger partial charge in [-0.15, -0.1) is 0 Å². The quantitative estimate of drug-likeness (QED) is 0.878. The van der Waals surface area contributed by atoms with E-state index >= 15 is 0 Å². The van der Waals surface area contributed by atoms with E-state index in [-0.39, 0.29) is 24.7 Å². The average molecular weight is 300 g/mol. The van der Waals surface area contributed by atoms with E-state index in [1.54, 1.807) is 13.0 Å². The summed E-state index contributed by atoms with van der Waals surface area (Å²) >= 11 is 0. The lowest BCUT2D eigenvalue weighted by Crippen LogP contribution is -2.38. The lowest BCUT2D eigenvalue weighted by molar-refractivity contribution is -0.162. The molecule has 0 aromatic heterocycles. The molecule has 2 rings (SSSR count). The maximum Gasteiger partial charge on any atom is 0.209 e. The summed E-state index contributed by atoms with van der Waals surface area (Å²) < 4.78 is 35.5. The number of ether oxygens (including phenoxy) is 2. The zero-order chi connectivity index (χ0) is 14.8. The van der Waals surface area contributed by atoms with Gasteiger partial charge in [-0.3, -0.25) is 0 Å². The van der Waals surface area contributed by atoms with Gasteiger partial charge in [-0.05, 0) is 12.5 Å². The first-order valence-corrected chi connectivity index (χ1v) is 8.44. The summed E-state index contributed by atoms with van der Waals surface area (Å²) in [6.07, 6.45) is -0.498. The molecule has 2 atom stereocenters. The molecule has 1 fully saturated rings. The first-order valence-electron chi connectivity index (χ1n) is 6.61. The molecule has 1 heterocycles. The van der Waals surface area contributed by atoms with Crippen LogP contribution in [0.4, 0.5) is 0 Å². The molecule has 1 aromatic carbocycles. The highest BCUT2D eigenvalue weighted by molar-refractivity contribution is 7.91. The van der Waals surface area contributed by atoms with Gasteiger partial charge in [0.1, 0.15) is 11.9 Å². The minimum absolute atomic E-state index is 0.0249. The third kappa shape index (κ3) is 3.03. The molecular formula is C14H20O5S. The SMILES string of the molecule is CCS(=O)(=O)C[C@]1(c2ccccc2C)OC[C@@H](CO)O1. The molecule has 1 aliphatic heterocycles. The minimum Gasteiger partial charge on any atom is -0.394 e. The summed E-state index contributed by atoms with van der Waals surface area (Å²) in [5.74, 6) is -1.53. The van der Waals surface area contributed by atoms with E-state index in [4.69, 9.17) is 9.47 Å². The van der Waals surface area contributed by atoms with Crippen molar-refractivity contribution in [2.24, 2.45) is 0 Å². The van der Waals surface area contributed by atoms with E-state index in [2.05, 4.69) is 0 Å². The van der Waals surface area contributed by atoms with Gasteiger partial charge in [0.2, 0.25) is 5.79 Å². The largest absolute Gasteiger partial charge is 0.394 e. The summed E-state index contributed by atoms with van der Waals surface area (Å²) in [6, 6.07) is 7.38. The smallest absolute Gasteiger partial charge is 0.209 e. The Hall–Kier alpha value is -0.950. The Morgan fingerprint density at radius 3 is 2.65 bits per heavy atom. The molecule has 0 spiro atoms. The minimum atomic E-state index is -3.29. The summed E-state index contributed by atoms with van der Waals surface area (Å²) in [5.41, 5.74) is 1.60. The van der Waals surface area contributed by atoms with E-state index in [1.807, 2.05) is 25.1 Å². The molecule has 1 saturated heterocycles. The van der Waals surface area contributed by atoms with E-state index < -0.39 is 21.7 Å². The molecule has 1 aliphatic rings. The number of sulfone groups is 1. The summed E-state index contributed by atoms with van der Waals surface area (Å²) in [5, 5.41) is 9.22. The van der Waals surface area contributed by atoms with Crippen LogP contribution in [0.5, 0.6) is 0 Å². The number of rotatable bonds is 5. The van der Waals surface area contributed by atoms with Crippen LogP contribution in [0, 0.1) is 6.92 Å². The zero-order valence-corrected chi connectivity index (χ0v) is 12.5. The van der Waals surface area contributed by atoms with Gasteiger partial charge in [0, 0.05) is 11.3 Å². The molecule has 20 heavy (non-hydrogen) atoms. The normalized spacial score (nSPS) is 26.9. The maximum atomic E-state index is 12.0. The van der Waals surface area contributed by atoms with Crippen molar-refractivity contribution in [3.05, 3.63) is 35.4 Å².